The summed E-state index contributed by atoms with van der Waals surface area (Å²) in [5.74, 6) is -0.187. The van der Waals surface area contributed by atoms with E-state index in [0.717, 1.165) is 16.5 Å². The highest BCUT2D eigenvalue weighted by Gasteiger charge is 2.30. The molecule has 3 rings (SSSR count). The zero-order valence-electron chi connectivity index (χ0n) is 10.3. The molecule has 0 fully saturated rings. The van der Waals surface area contributed by atoms with Crippen molar-refractivity contribution in [2.45, 2.75) is 12.6 Å². The van der Waals surface area contributed by atoms with Crippen LogP contribution < -0.4 is 0 Å². The van der Waals surface area contributed by atoms with Gasteiger partial charge in [-0.25, -0.2) is 4.98 Å². The first kappa shape index (κ1) is 12.1. The Labute approximate surface area is 110 Å². The van der Waals surface area contributed by atoms with E-state index < -0.39 is 6.10 Å². The van der Waals surface area contributed by atoms with Gasteiger partial charge in [-0.2, -0.15) is 0 Å². The van der Waals surface area contributed by atoms with E-state index in [-0.39, 0.29) is 19.1 Å². The Morgan fingerprint density at radius 2 is 2.16 bits per heavy atom. The van der Waals surface area contributed by atoms with Crippen LogP contribution in [0.2, 0.25) is 0 Å². The number of para-hydroxylation sites is 1. The number of carbonyl (C=O) groups is 1. The van der Waals surface area contributed by atoms with E-state index in [4.69, 9.17) is 5.11 Å². The molecule has 1 aromatic heterocycles. The Bertz CT molecular complexity index is 642. The van der Waals surface area contributed by atoms with Crippen molar-refractivity contribution >= 4 is 16.8 Å². The molecule has 2 aromatic rings. The van der Waals surface area contributed by atoms with Crippen molar-refractivity contribution in [3.63, 3.8) is 0 Å². The first-order chi connectivity index (χ1) is 9.19. The molecule has 2 heterocycles. The van der Waals surface area contributed by atoms with Gasteiger partial charge in [0, 0.05) is 24.0 Å². The molecule has 2 N–H and O–H groups in total. The Morgan fingerprint density at radius 3 is 2.95 bits per heavy atom. The van der Waals surface area contributed by atoms with Crippen molar-refractivity contribution in [3.05, 3.63) is 41.6 Å². The minimum atomic E-state index is -0.910. The van der Waals surface area contributed by atoms with E-state index >= 15 is 0 Å². The van der Waals surface area contributed by atoms with Gasteiger partial charge in [-0.05, 0) is 12.1 Å². The number of aromatic nitrogens is 1. The van der Waals surface area contributed by atoms with Gasteiger partial charge in [0.2, 0.25) is 0 Å². The van der Waals surface area contributed by atoms with Gasteiger partial charge in [0.15, 0.2) is 0 Å². The van der Waals surface area contributed by atoms with Gasteiger partial charge in [-0.3, -0.25) is 4.79 Å². The fourth-order valence-corrected chi connectivity index (χ4v) is 2.35. The lowest BCUT2D eigenvalue weighted by atomic mass is 10.1. The van der Waals surface area contributed by atoms with Gasteiger partial charge in [0.05, 0.1) is 18.2 Å². The maximum Gasteiger partial charge on any atom is 0.273 e. The first-order valence-electron chi connectivity index (χ1n) is 6.16. The Hall–Kier alpha value is -1.98. The number of hydrogen-bond donors (Lipinski definition) is 2. The molecule has 1 atom stereocenters. The lowest BCUT2D eigenvalue weighted by Gasteiger charge is -2.17. The van der Waals surface area contributed by atoms with Gasteiger partial charge in [-0.1, -0.05) is 18.2 Å². The summed E-state index contributed by atoms with van der Waals surface area (Å²) in [5.41, 5.74) is 2.11. The van der Waals surface area contributed by atoms with Crippen LogP contribution >= 0.6 is 0 Å². The molecule has 0 saturated carbocycles. The number of hydrogen-bond acceptors (Lipinski definition) is 4. The highest BCUT2D eigenvalue weighted by Crippen LogP contribution is 2.25. The molecular weight excluding hydrogens is 244 g/mol. The van der Waals surface area contributed by atoms with Crippen LogP contribution in [0.3, 0.4) is 0 Å². The second-order valence-corrected chi connectivity index (χ2v) is 4.71. The number of nitrogens with zero attached hydrogens (tertiary/aromatic N) is 2. The normalized spacial score (nSPS) is 15.9. The van der Waals surface area contributed by atoms with Crippen molar-refractivity contribution in [1.82, 2.24) is 9.88 Å². The average molecular weight is 258 g/mol. The van der Waals surface area contributed by atoms with Crippen molar-refractivity contribution in [2.24, 2.45) is 0 Å². The topological polar surface area (TPSA) is 73.7 Å². The zero-order valence-corrected chi connectivity index (χ0v) is 10.3. The summed E-state index contributed by atoms with van der Waals surface area (Å²) in [6.45, 7) is 0.209. The fraction of sp³-hybridized carbons (Fsp3) is 0.286. The van der Waals surface area contributed by atoms with E-state index in [1.165, 1.54) is 4.90 Å². The summed E-state index contributed by atoms with van der Waals surface area (Å²) < 4.78 is 0. The van der Waals surface area contributed by atoms with Crippen LogP contribution in [0.25, 0.3) is 10.9 Å². The molecule has 0 spiro atoms. The summed E-state index contributed by atoms with van der Waals surface area (Å²) >= 11 is 0. The number of amides is 1. The molecule has 0 aliphatic carbocycles. The highest BCUT2D eigenvalue weighted by atomic mass is 16.3. The molecule has 1 unspecified atom stereocenters. The van der Waals surface area contributed by atoms with E-state index in [0.29, 0.717) is 12.2 Å². The van der Waals surface area contributed by atoms with Gasteiger partial charge in [0.1, 0.15) is 5.69 Å². The van der Waals surface area contributed by atoms with Crippen LogP contribution in [-0.4, -0.2) is 45.3 Å². The first-order valence-corrected chi connectivity index (χ1v) is 6.16. The summed E-state index contributed by atoms with van der Waals surface area (Å²) in [6, 6.07) is 9.60. The monoisotopic (exact) mass is 258 g/mol. The van der Waals surface area contributed by atoms with Crippen LogP contribution in [0.4, 0.5) is 0 Å². The van der Waals surface area contributed by atoms with Crippen molar-refractivity contribution < 1.29 is 15.0 Å². The van der Waals surface area contributed by atoms with Crippen LogP contribution in [0, 0.1) is 0 Å². The summed E-state index contributed by atoms with van der Waals surface area (Å²) in [5, 5.41) is 19.3. The Morgan fingerprint density at radius 1 is 1.37 bits per heavy atom. The average Bonchev–Trinajstić information content (AvgIpc) is 2.72. The molecule has 5 nitrogen and oxygen atoms in total. The largest absolute Gasteiger partial charge is 0.394 e. The second kappa shape index (κ2) is 4.60. The minimum absolute atomic E-state index is 0.127. The third-order valence-electron chi connectivity index (χ3n) is 3.30. The van der Waals surface area contributed by atoms with Crippen LogP contribution in [0.1, 0.15) is 16.1 Å². The van der Waals surface area contributed by atoms with Crippen molar-refractivity contribution in [1.29, 1.82) is 0 Å². The van der Waals surface area contributed by atoms with Crippen molar-refractivity contribution in [3.8, 4) is 0 Å². The van der Waals surface area contributed by atoms with Gasteiger partial charge in [0.25, 0.3) is 5.91 Å². The molecule has 1 amide bonds. The van der Waals surface area contributed by atoms with Gasteiger partial charge < -0.3 is 15.1 Å². The van der Waals surface area contributed by atoms with Gasteiger partial charge in [-0.15, -0.1) is 0 Å². The SMILES string of the molecule is O=C1c2nc3ccccc3cc2CN1CC(O)CO. The molecule has 19 heavy (non-hydrogen) atoms. The smallest absolute Gasteiger partial charge is 0.273 e. The van der Waals surface area contributed by atoms with Crippen LogP contribution in [0.15, 0.2) is 30.3 Å². The Kier molecular flexibility index (Phi) is 2.93. The van der Waals surface area contributed by atoms with E-state index in [2.05, 4.69) is 4.98 Å². The summed E-state index contributed by atoms with van der Waals surface area (Å²) in [6.07, 6.45) is -0.910. The fourth-order valence-electron chi connectivity index (χ4n) is 2.35. The maximum absolute atomic E-state index is 12.2. The molecule has 0 bridgehead atoms. The number of β-amino-alcohol motifs (C(OH)–C–C–N with tert-alkyl or cyclic N) is 1. The molecule has 1 aromatic carbocycles. The lowest BCUT2D eigenvalue weighted by molar-refractivity contribution is 0.0473. The van der Waals surface area contributed by atoms with Gasteiger partial charge >= 0.3 is 0 Å². The standard InChI is InChI=1S/C14H14N2O3/c17-8-11(18)7-16-6-10-5-9-3-1-2-4-12(9)15-13(10)14(16)19/h1-5,11,17-18H,6-8H2. The van der Waals surface area contributed by atoms with E-state index in [1.807, 2.05) is 30.3 Å². The molecule has 1 aliphatic heterocycles. The molecule has 0 saturated heterocycles. The van der Waals surface area contributed by atoms with E-state index in [9.17, 15) is 9.90 Å². The quantitative estimate of drug-likeness (QED) is 0.843. The molecule has 1 aliphatic rings. The second-order valence-electron chi connectivity index (χ2n) is 4.71. The third-order valence-corrected chi connectivity index (χ3v) is 3.30. The highest BCUT2D eigenvalue weighted by molar-refractivity contribution is 5.99. The minimum Gasteiger partial charge on any atom is -0.394 e. The molecule has 0 radical (unpaired) electrons. The number of fused-ring (bicyclic) bond motifs is 2. The number of pyridine rings is 1. The molecular formula is C14H14N2O3. The number of benzene rings is 1. The van der Waals surface area contributed by atoms with Crippen molar-refractivity contribution in [2.75, 3.05) is 13.2 Å². The Balaban J connectivity index is 1.96. The summed E-state index contributed by atoms with van der Waals surface area (Å²) in [4.78, 5) is 18.1. The molecule has 98 valence electrons. The van der Waals surface area contributed by atoms with E-state index in [1.54, 1.807) is 0 Å². The number of rotatable bonds is 3. The van der Waals surface area contributed by atoms with Crippen LogP contribution in [0.5, 0.6) is 0 Å². The molecule has 5 heteroatoms. The van der Waals surface area contributed by atoms with Crippen LogP contribution in [-0.2, 0) is 6.54 Å². The zero-order chi connectivity index (χ0) is 13.4. The number of carbonyl (C=O) groups excluding carboxylic acids is 1. The predicted molar refractivity (Wildman–Crippen MR) is 69.6 cm³/mol. The number of aliphatic hydroxyl groups is 2. The number of aliphatic hydroxyl groups excluding tert-OH is 2. The summed E-state index contributed by atoms with van der Waals surface area (Å²) in [7, 11) is 0. The lowest BCUT2D eigenvalue weighted by Crippen LogP contribution is -2.34. The maximum atomic E-state index is 12.2. The predicted octanol–water partition coefficient (Wildman–Crippen LogP) is 0.544. The third kappa shape index (κ3) is 2.07.